The zero-order chi connectivity index (χ0) is 19.8. The summed E-state index contributed by atoms with van der Waals surface area (Å²) in [7, 11) is 3.21. The number of pyridine rings is 1. The molecule has 7 nitrogen and oxygen atoms in total. The van der Waals surface area contributed by atoms with Crippen molar-refractivity contribution in [3.05, 3.63) is 42.1 Å². The molecule has 0 atom stereocenters. The topological polar surface area (TPSA) is 85.0 Å². The molecular weight excluding hydrogens is 354 g/mol. The Bertz CT molecular complexity index is 801. The number of nitrogens with one attached hydrogen (secondary N) is 1. The Morgan fingerprint density at radius 3 is 2.54 bits per heavy atom. The Kier molecular flexibility index (Phi) is 6.94. The van der Waals surface area contributed by atoms with Crippen LogP contribution in [0.15, 0.2) is 41.5 Å². The number of nitrogens with zero attached hydrogens (tertiary/aromatic N) is 3. The van der Waals surface area contributed by atoms with Crippen molar-refractivity contribution in [2.24, 2.45) is 10.7 Å². The second kappa shape index (κ2) is 9.82. The smallest absolute Gasteiger partial charge is 0.193 e. The standard InChI is InChI=1S/C21H29N5O2/c1-27-18-8-7-17(14-19(18)28-2)25-21(22)24-15-16-9-10-23-20(13-16)26-11-5-3-4-6-12-26/h7-10,13-14H,3-6,11-12,15H2,1-2H3,(H3,22,24,25). The first-order chi connectivity index (χ1) is 13.7. The highest BCUT2D eigenvalue weighted by atomic mass is 16.5. The van der Waals surface area contributed by atoms with Crippen molar-refractivity contribution in [1.29, 1.82) is 0 Å². The number of guanidine groups is 1. The van der Waals surface area contributed by atoms with Gasteiger partial charge in [0.2, 0.25) is 0 Å². The second-order valence-corrected chi connectivity index (χ2v) is 6.82. The van der Waals surface area contributed by atoms with E-state index < -0.39 is 0 Å². The predicted octanol–water partition coefficient (Wildman–Crippen LogP) is 3.41. The molecule has 0 amide bonds. The number of aromatic nitrogens is 1. The first-order valence-corrected chi connectivity index (χ1v) is 9.68. The van der Waals surface area contributed by atoms with Crippen LogP contribution in [-0.4, -0.2) is 38.3 Å². The van der Waals surface area contributed by atoms with Crippen molar-refractivity contribution < 1.29 is 9.47 Å². The van der Waals surface area contributed by atoms with Crippen LogP contribution in [0, 0.1) is 0 Å². The van der Waals surface area contributed by atoms with Gasteiger partial charge in [0.05, 0.1) is 20.8 Å². The number of hydrogen-bond acceptors (Lipinski definition) is 5. The van der Waals surface area contributed by atoms with E-state index in [0.717, 1.165) is 30.2 Å². The summed E-state index contributed by atoms with van der Waals surface area (Å²) in [6.45, 7) is 2.64. The maximum absolute atomic E-state index is 6.06. The van der Waals surface area contributed by atoms with Crippen molar-refractivity contribution in [2.75, 3.05) is 37.5 Å². The van der Waals surface area contributed by atoms with Gasteiger partial charge in [0.1, 0.15) is 5.82 Å². The summed E-state index contributed by atoms with van der Waals surface area (Å²) in [5.41, 5.74) is 7.94. The average Bonchev–Trinajstić information content (AvgIpc) is 3.02. The van der Waals surface area contributed by atoms with E-state index in [9.17, 15) is 0 Å². The molecule has 0 aliphatic carbocycles. The lowest BCUT2D eigenvalue weighted by molar-refractivity contribution is 0.355. The fraction of sp³-hybridized carbons (Fsp3) is 0.429. The quantitative estimate of drug-likeness (QED) is 0.587. The molecule has 1 aliphatic heterocycles. The molecule has 2 aromatic rings. The van der Waals surface area contributed by atoms with E-state index in [1.807, 2.05) is 30.5 Å². The van der Waals surface area contributed by atoms with Crippen molar-refractivity contribution in [2.45, 2.75) is 32.2 Å². The molecule has 1 aromatic heterocycles. The van der Waals surface area contributed by atoms with Crippen LogP contribution in [0.25, 0.3) is 0 Å². The fourth-order valence-electron chi connectivity index (χ4n) is 3.31. The van der Waals surface area contributed by atoms with E-state index in [1.54, 1.807) is 14.2 Å². The minimum Gasteiger partial charge on any atom is -0.493 e. The highest BCUT2D eigenvalue weighted by molar-refractivity contribution is 5.92. The summed E-state index contributed by atoms with van der Waals surface area (Å²) in [4.78, 5) is 11.4. The molecule has 1 aliphatic rings. The molecule has 28 heavy (non-hydrogen) atoms. The van der Waals surface area contributed by atoms with E-state index in [4.69, 9.17) is 15.2 Å². The van der Waals surface area contributed by atoms with Crippen molar-refractivity contribution in [3.8, 4) is 11.5 Å². The minimum atomic E-state index is 0.348. The lowest BCUT2D eigenvalue weighted by Crippen LogP contribution is -2.25. The van der Waals surface area contributed by atoms with E-state index in [-0.39, 0.29) is 0 Å². The molecule has 1 aromatic carbocycles. The van der Waals surface area contributed by atoms with Crippen LogP contribution in [0.2, 0.25) is 0 Å². The van der Waals surface area contributed by atoms with Crippen LogP contribution < -0.4 is 25.4 Å². The molecule has 2 heterocycles. The molecule has 3 rings (SSSR count). The second-order valence-electron chi connectivity index (χ2n) is 6.82. The Morgan fingerprint density at radius 1 is 1.07 bits per heavy atom. The highest BCUT2D eigenvalue weighted by Gasteiger charge is 2.11. The van der Waals surface area contributed by atoms with Crippen molar-refractivity contribution >= 4 is 17.5 Å². The lowest BCUT2D eigenvalue weighted by Gasteiger charge is -2.21. The molecule has 7 heteroatoms. The number of benzene rings is 1. The minimum absolute atomic E-state index is 0.348. The summed E-state index contributed by atoms with van der Waals surface area (Å²) >= 11 is 0. The van der Waals surface area contributed by atoms with Gasteiger partial charge in [-0.05, 0) is 42.7 Å². The highest BCUT2D eigenvalue weighted by Crippen LogP contribution is 2.29. The van der Waals surface area contributed by atoms with E-state index in [2.05, 4.69) is 26.3 Å². The molecule has 3 N–H and O–H groups in total. The zero-order valence-corrected chi connectivity index (χ0v) is 16.6. The first-order valence-electron chi connectivity index (χ1n) is 9.68. The maximum Gasteiger partial charge on any atom is 0.193 e. The van der Waals surface area contributed by atoms with E-state index in [0.29, 0.717) is 24.0 Å². The SMILES string of the molecule is COc1ccc(NC(N)=NCc2ccnc(N3CCCCCC3)c2)cc1OC. The van der Waals surface area contributed by atoms with Gasteiger partial charge >= 0.3 is 0 Å². The molecule has 0 saturated carbocycles. The van der Waals surface area contributed by atoms with Crippen LogP contribution in [-0.2, 0) is 6.54 Å². The Morgan fingerprint density at radius 2 is 1.82 bits per heavy atom. The van der Waals surface area contributed by atoms with Gasteiger partial charge in [-0.1, -0.05) is 12.8 Å². The Labute approximate surface area is 166 Å². The summed E-state index contributed by atoms with van der Waals surface area (Å²) in [6.07, 6.45) is 6.92. The van der Waals surface area contributed by atoms with Crippen LogP contribution in [0.1, 0.15) is 31.2 Å². The molecule has 0 radical (unpaired) electrons. The van der Waals surface area contributed by atoms with Crippen molar-refractivity contribution in [1.82, 2.24) is 4.98 Å². The van der Waals surface area contributed by atoms with Gasteiger partial charge in [-0.2, -0.15) is 0 Å². The van der Waals surface area contributed by atoms with Gasteiger partial charge in [0.25, 0.3) is 0 Å². The Balaban J connectivity index is 1.64. The molecule has 1 saturated heterocycles. The van der Waals surface area contributed by atoms with Crippen LogP contribution in [0.4, 0.5) is 11.5 Å². The van der Waals surface area contributed by atoms with Gasteiger partial charge in [0, 0.05) is 31.0 Å². The van der Waals surface area contributed by atoms with Gasteiger partial charge in [-0.25, -0.2) is 9.98 Å². The van der Waals surface area contributed by atoms with Crippen LogP contribution in [0.5, 0.6) is 11.5 Å². The Hall–Kier alpha value is -2.96. The van der Waals surface area contributed by atoms with Crippen LogP contribution in [0.3, 0.4) is 0 Å². The van der Waals surface area contributed by atoms with Crippen LogP contribution >= 0.6 is 0 Å². The van der Waals surface area contributed by atoms with Crippen molar-refractivity contribution in [3.63, 3.8) is 0 Å². The maximum atomic E-state index is 6.06. The van der Waals surface area contributed by atoms with Gasteiger partial charge < -0.3 is 25.4 Å². The third-order valence-electron chi connectivity index (χ3n) is 4.83. The number of hydrogen-bond donors (Lipinski definition) is 2. The molecule has 1 fully saturated rings. The lowest BCUT2D eigenvalue weighted by atomic mass is 10.2. The zero-order valence-electron chi connectivity index (χ0n) is 16.6. The summed E-state index contributed by atoms with van der Waals surface area (Å²) in [6, 6.07) is 9.61. The predicted molar refractivity (Wildman–Crippen MR) is 113 cm³/mol. The largest absolute Gasteiger partial charge is 0.493 e. The molecule has 0 bridgehead atoms. The summed E-state index contributed by atoms with van der Waals surface area (Å²) in [5, 5.41) is 3.09. The number of methoxy groups -OCH3 is 2. The number of nitrogens with two attached hydrogens (primary N) is 1. The number of ether oxygens (including phenoxy) is 2. The normalized spacial score (nSPS) is 15.1. The summed E-state index contributed by atoms with van der Waals surface area (Å²) < 4.78 is 10.6. The van der Waals surface area contributed by atoms with Gasteiger partial charge in [0.15, 0.2) is 17.5 Å². The third kappa shape index (κ3) is 5.28. The molecule has 0 spiro atoms. The molecule has 150 valence electrons. The fourth-order valence-corrected chi connectivity index (χ4v) is 3.31. The number of rotatable bonds is 6. The van der Waals surface area contributed by atoms with Gasteiger partial charge in [-0.3, -0.25) is 0 Å². The molecular formula is C21H29N5O2. The third-order valence-corrected chi connectivity index (χ3v) is 4.83. The molecule has 0 unspecified atom stereocenters. The average molecular weight is 383 g/mol. The number of aliphatic imine (C=N–C) groups is 1. The first kappa shape index (κ1) is 19.8. The monoisotopic (exact) mass is 383 g/mol. The van der Waals surface area contributed by atoms with E-state index >= 15 is 0 Å². The number of anilines is 2. The summed E-state index contributed by atoms with van der Waals surface area (Å²) in [5.74, 6) is 2.68. The van der Waals surface area contributed by atoms with E-state index in [1.165, 1.54) is 25.7 Å². The van der Waals surface area contributed by atoms with Gasteiger partial charge in [-0.15, -0.1) is 0 Å².